The van der Waals surface area contributed by atoms with Gasteiger partial charge in [-0.1, -0.05) is 79.4 Å². The summed E-state index contributed by atoms with van der Waals surface area (Å²) < 4.78 is 42.6. The molecule has 3 heterocycles. The lowest BCUT2D eigenvalue weighted by molar-refractivity contribution is -0.268. The number of nitrogens with zero attached hydrogens (tertiary/aromatic N) is 4. The maximum atomic E-state index is 12.2. The Morgan fingerprint density at radius 3 is 1.98 bits per heavy atom. The van der Waals surface area contributed by atoms with Crippen molar-refractivity contribution in [1.82, 2.24) is 25.5 Å². The van der Waals surface area contributed by atoms with Gasteiger partial charge in [0.15, 0.2) is 24.6 Å². The van der Waals surface area contributed by atoms with E-state index in [2.05, 4.69) is 27.8 Å². The first-order valence-electron chi connectivity index (χ1n) is 18.2. The smallest absolute Gasteiger partial charge is 0.303 e. The Hall–Kier alpha value is -4.53. The van der Waals surface area contributed by atoms with Gasteiger partial charge in [0.05, 0.1) is 23.8 Å². The standard InChI is InChI=1S/C38H47N5O12S2/c1-20-31(19-57-38-40-41-42-43(38)6)54-37(55-33(20)27-11-9-26(17-44)10-12-27)28-13-7-25(8-14-28)16-39-32(56)15-29-34(50-22(3)46)36(52-24(5)48)35(51-23(4)47)30(53-29)18-49-21(2)45/h7-14,20,29-31,33-37,44H,15-19H2,1-6H3,(H,39,56)/t20-,29-,30+,31+,33+,34-,35+,36+,37?/m0/s1. The van der Waals surface area contributed by atoms with Gasteiger partial charge in [-0.3, -0.25) is 19.2 Å². The average Bonchev–Trinajstić information content (AvgIpc) is 3.59. The minimum absolute atomic E-state index is 0.0128. The van der Waals surface area contributed by atoms with Crippen LogP contribution in [0.5, 0.6) is 0 Å². The zero-order chi connectivity index (χ0) is 41.2. The maximum absolute atomic E-state index is 12.2. The lowest BCUT2D eigenvalue weighted by atomic mass is 9.91. The molecule has 19 heteroatoms. The number of hydrogen-bond donors (Lipinski definition) is 2. The van der Waals surface area contributed by atoms with Gasteiger partial charge in [0.25, 0.3) is 0 Å². The van der Waals surface area contributed by atoms with Gasteiger partial charge in [0.2, 0.25) is 5.16 Å². The summed E-state index contributed by atoms with van der Waals surface area (Å²) in [6.07, 6.45) is -6.97. The van der Waals surface area contributed by atoms with Crippen molar-refractivity contribution in [2.75, 3.05) is 12.4 Å². The molecule has 0 spiro atoms. The van der Waals surface area contributed by atoms with E-state index in [1.54, 1.807) is 11.7 Å². The van der Waals surface area contributed by atoms with Crippen LogP contribution in [-0.2, 0) is 72.5 Å². The molecule has 0 aliphatic carbocycles. The molecule has 17 nitrogen and oxygen atoms in total. The van der Waals surface area contributed by atoms with Crippen LogP contribution >= 0.6 is 24.0 Å². The first-order chi connectivity index (χ1) is 27.2. The summed E-state index contributed by atoms with van der Waals surface area (Å²) >= 11 is 7.18. The molecular formula is C38H47N5O12S2. The van der Waals surface area contributed by atoms with Gasteiger partial charge >= 0.3 is 23.9 Å². The SMILES string of the molecule is CC(=O)OC[C@H]1O[C@@H](CC(=S)NCc2ccc(C3O[C@H](CSc4nnnn4C)[C@H](C)[C@H](c4ccc(CO)cc4)O3)cc2)[C@H](OC(C)=O)[C@@H](OC(C)=O)[C@@H]1OC(C)=O. The summed E-state index contributed by atoms with van der Waals surface area (Å²) in [5, 5.41) is 25.2. The number of ether oxygens (including phenoxy) is 7. The zero-order valence-corrected chi connectivity index (χ0v) is 34.0. The van der Waals surface area contributed by atoms with Gasteiger partial charge in [-0.15, -0.1) is 5.10 Å². The second kappa shape index (κ2) is 20.2. The van der Waals surface area contributed by atoms with E-state index < -0.39 is 60.7 Å². The number of esters is 4. The van der Waals surface area contributed by atoms with Gasteiger partial charge in [-0.2, -0.15) is 0 Å². The molecule has 0 amide bonds. The van der Waals surface area contributed by atoms with Gasteiger partial charge in [-0.25, -0.2) is 4.68 Å². The Morgan fingerprint density at radius 1 is 0.807 bits per heavy atom. The van der Waals surface area contributed by atoms with Crippen molar-refractivity contribution in [2.24, 2.45) is 13.0 Å². The number of aromatic nitrogens is 4. The van der Waals surface area contributed by atoms with E-state index in [1.807, 2.05) is 48.5 Å². The number of carbonyl (C=O) groups excluding carboxylic acids is 4. The highest BCUT2D eigenvalue weighted by Gasteiger charge is 2.52. The third-order valence-electron chi connectivity index (χ3n) is 9.30. The number of nitrogens with one attached hydrogen (secondary N) is 1. The van der Waals surface area contributed by atoms with Crippen molar-refractivity contribution >= 4 is 52.8 Å². The van der Waals surface area contributed by atoms with Gasteiger partial charge < -0.3 is 43.6 Å². The molecule has 1 aromatic heterocycles. The van der Waals surface area contributed by atoms with E-state index in [1.165, 1.54) is 32.5 Å². The highest BCUT2D eigenvalue weighted by Crippen LogP contribution is 2.43. The van der Waals surface area contributed by atoms with E-state index in [4.69, 9.17) is 45.4 Å². The molecule has 2 aliphatic rings. The molecule has 2 aromatic carbocycles. The molecule has 2 aliphatic heterocycles. The first-order valence-corrected chi connectivity index (χ1v) is 19.6. The van der Waals surface area contributed by atoms with Crippen LogP contribution in [0.3, 0.4) is 0 Å². The largest absolute Gasteiger partial charge is 0.463 e. The highest BCUT2D eigenvalue weighted by atomic mass is 32.2. The van der Waals surface area contributed by atoms with Crippen molar-refractivity contribution in [2.45, 2.75) is 108 Å². The molecule has 2 fully saturated rings. The Morgan fingerprint density at radius 2 is 1.40 bits per heavy atom. The van der Waals surface area contributed by atoms with Crippen LogP contribution in [0.4, 0.5) is 0 Å². The number of aliphatic hydroxyl groups is 1. The molecule has 0 bridgehead atoms. The quantitative estimate of drug-likeness (QED) is 0.0975. The predicted octanol–water partition coefficient (Wildman–Crippen LogP) is 3.22. The molecule has 9 atom stereocenters. The molecule has 5 rings (SSSR count). The summed E-state index contributed by atoms with van der Waals surface area (Å²) in [7, 11) is 1.78. The van der Waals surface area contributed by atoms with Crippen molar-refractivity contribution < 1.29 is 57.4 Å². The van der Waals surface area contributed by atoms with Gasteiger partial charge in [0.1, 0.15) is 18.8 Å². The summed E-state index contributed by atoms with van der Waals surface area (Å²) in [6, 6.07) is 15.4. The molecule has 0 radical (unpaired) electrons. The van der Waals surface area contributed by atoms with E-state index in [9.17, 15) is 24.3 Å². The molecule has 2 N–H and O–H groups in total. The van der Waals surface area contributed by atoms with Crippen LogP contribution in [-0.4, -0.2) is 103 Å². The Bertz CT molecular complexity index is 1860. The zero-order valence-electron chi connectivity index (χ0n) is 32.4. The normalized spacial score (nSPS) is 25.8. The minimum Gasteiger partial charge on any atom is -0.463 e. The predicted molar refractivity (Wildman–Crippen MR) is 205 cm³/mol. The summed E-state index contributed by atoms with van der Waals surface area (Å²) in [5.74, 6) is -2.17. The number of thiocarbonyl (C=S) groups is 1. The Labute approximate surface area is 339 Å². The number of aryl methyl sites for hydroxylation is 1. The van der Waals surface area contributed by atoms with E-state index in [0.29, 0.717) is 22.4 Å². The third kappa shape index (κ3) is 12.0. The third-order valence-corrected chi connectivity index (χ3v) is 10.7. The van der Waals surface area contributed by atoms with Gasteiger partial charge in [0, 0.05) is 64.9 Å². The van der Waals surface area contributed by atoms with Crippen LogP contribution < -0.4 is 5.32 Å². The number of hydrogen-bond acceptors (Lipinski definition) is 17. The summed E-state index contributed by atoms with van der Waals surface area (Å²) in [4.78, 5) is 48.5. The highest BCUT2D eigenvalue weighted by molar-refractivity contribution is 7.99. The van der Waals surface area contributed by atoms with Crippen LogP contribution in [0.1, 0.15) is 75.7 Å². The van der Waals surface area contributed by atoms with Gasteiger partial charge in [-0.05, 0) is 27.1 Å². The molecule has 308 valence electrons. The van der Waals surface area contributed by atoms with E-state index >= 15 is 0 Å². The molecular weight excluding hydrogens is 783 g/mol. The lowest BCUT2D eigenvalue weighted by Crippen LogP contribution is -2.62. The van der Waals surface area contributed by atoms with Crippen molar-refractivity contribution in [1.29, 1.82) is 0 Å². The fraction of sp³-hybridized carbons (Fsp3) is 0.526. The van der Waals surface area contributed by atoms with Crippen molar-refractivity contribution in [3.63, 3.8) is 0 Å². The minimum atomic E-state index is -1.28. The summed E-state index contributed by atoms with van der Waals surface area (Å²) in [6.45, 7) is 6.74. The van der Waals surface area contributed by atoms with Crippen LogP contribution in [0, 0.1) is 5.92 Å². The number of tetrazole rings is 1. The lowest BCUT2D eigenvalue weighted by Gasteiger charge is -2.44. The molecule has 0 saturated carbocycles. The molecule has 1 unspecified atom stereocenters. The maximum Gasteiger partial charge on any atom is 0.303 e. The second-order valence-corrected chi connectivity index (χ2v) is 15.2. The molecule has 57 heavy (non-hydrogen) atoms. The van der Waals surface area contributed by atoms with Crippen molar-refractivity contribution in [3.8, 4) is 0 Å². The van der Waals surface area contributed by atoms with Crippen LogP contribution in [0.25, 0.3) is 0 Å². The number of carbonyl (C=O) groups is 4. The monoisotopic (exact) mass is 829 g/mol. The van der Waals surface area contributed by atoms with Crippen molar-refractivity contribution in [3.05, 3.63) is 70.8 Å². The Kier molecular flexibility index (Phi) is 15.5. The number of aliphatic hydroxyl groups excluding tert-OH is 1. The Balaban J connectivity index is 1.28. The van der Waals surface area contributed by atoms with Crippen LogP contribution in [0.2, 0.25) is 0 Å². The fourth-order valence-corrected chi connectivity index (χ4v) is 7.79. The number of rotatable bonds is 15. The number of benzene rings is 2. The topological polar surface area (TPSA) is 209 Å². The van der Waals surface area contributed by atoms with E-state index in [-0.39, 0.29) is 37.8 Å². The average molecular weight is 830 g/mol. The van der Waals surface area contributed by atoms with E-state index in [0.717, 1.165) is 29.2 Å². The number of thioether (sulfide) groups is 1. The second-order valence-electron chi connectivity index (χ2n) is 13.7. The first kappa shape index (κ1) is 43.6. The van der Waals surface area contributed by atoms with Crippen LogP contribution in [0.15, 0.2) is 53.7 Å². The molecule has 3 aromatic rings. The fourth-order valence-electron chi connectivity index (χ4n) is 6.54. The summed E-state index contributed by atoms with van der Waals surface area (Å²) in [5.41, 5.74) is 3.45. The molecule has 2 saturated heterocycles.